The summed E-state index contributed by atoms with van der Waals surface area (Å²) in [4.78, 5) is 27.2. The summed E-state index contributed by atoms with van der Waals surface area (Å²) in [6.07, 6.45) is 0. The molecular weight excluding hydrogens is 384 g/mol. The van der Waals surface area contributed by atoms with Gasteiger partial charge in [0, 0.05) is 11.6 Å². The van der Waals surface area contributed by atoms with E-state index in [1.807, 2.05) is 13.0 Å². The number of ether oxygens (including phenoxy) is 1. The molecule has 0 spiro atoms. The number of anilines is 1. The number of ketones is 1. The monoisotopic (exact) mass is 404 g/mol. The Morgan fingerprint density at radius 1 is 1.10 bits per heavy atom. The van der Waals surface area contributed by atoms with E-state index >= 15 is 0 Å². The van der Waals surface area contributed by atoms with Crippen LogP contribution >= 0.6 is 0 Å². The quantitative estimate of drug-likeness (QED) is 0.402. The van der Waals surface area contributed by atoms with Crippen LogP contribution in [0.5, 0.6) is 5.75 Å². The van der Waals surface area contributed by atoms with Gasteiger partial charge in [0.05, 0.1) is 18.7 Å². The van der Waals surface area contributed by atoms with Gasteiger partial charge in [0.1, 0.15) is 17.3 Å². The topological polar surface area (TPSA) is 92.9 Å². The molecule has 7 nitrogen and oxygen atoms in total. The summed E-state index contributed by atoms with van der Waals surface area (Å²) in [5.74, 6) is -0.433. The van der Waals surface area contributed by atoms with Crippen LogP contribution in [0.25, 0.3) is 5.76 Å². The van der Waals surface area contributed by atoms with Crippen LogP contribution in [0.3, 0.4) is 0 Å². The molecule has 1 aliphatic rings. The van der Waals surface area contributed by atoms with Gasteiger partial charge in [-0.1, -0.05) is 35.5 Å². The Morgan fingerprint density at radius 2 is 1.83 bits per heavy atom. The lowest BCUT2D eigenvalue weighted by molar-refractivity contribution is -0.132. The highest BCUT2D eigenvalue weighted by molar-refractivity contribution is 6.51. The molecule has 0 aliphatic carbocycles. The number of nitrogens with zero attached hydrogens (tertiary/aromatic N) is 2. The van der Waals surface area contributed by atoms with Gasteiger partial charge < -0.3 is 14.4 Å². The number of rotatable bonds is 4. The van der Waals surface area contributed by atoms with Crippen LogP contribution in [0, 0.1) is 13.8 Å². The van der Waals surface area contributed by atoms with E-state index in [4.69, 9.17) is 9.26 Å². The number of aryl methyl sites for hydroxylation is 2. The summed E-state index contributed by atoms with van der Waals surface area (Å²) in [5.41, 5.74) is 1.88. The van der Waals surface area contributed by atoms with Crippen molar-refractivity contribution in [3.05, 3.63) is 82.6 Å². The molecule has 152 valence electrons. The van der Waals surface area contributed by atoms with Crippen LogP contribution in [0.1, 0.15) is 28.5 Å². The molecule has 0 saturated carbocycles. The van der Waals surface area contributed by atoms with E-state index in [1.54, 1.807) is 62.6 Å². The highest BCUT2D eigenvalue weighted by atomic mass is 16.5. The van der Waals surface area contributed by atoms with Crippen LogP contribution in [0.4, 0.5) is 5.82 Å². The molecular formula is C23H20N2O5. The molecule has 1 unspecified atom stereocenters. The second kappa shape index (κ2) is 7.51. The maximum absolute atomic E-state index is 13.0. The minimum Gasteiger partial charge on any atom is -0.507 e. The number of carbonyl (C=O) groups excluding carboxylic acids is 2. The third kappa shape index (κ3) is 3.14. The summed E-state index contributed by atoms with van der Waals surface area (Å²) >= 11 is 0. The van der Waals surface area contributed by atoms with E-state index in [0.717, 1.165) is 5.56 Å². The third-order valence-corrected chi connectivity index (χ3v) is 5.09. The highest BCUT2D eigenvalue weighted by Gasteiger charge is 2.48. The maximum Gasteiger partial charge on any atom is 0.301 e. The van der Waals surface area contributed by atoms with Crippen LogP contribution in [0.15, 0.2) is 64.7 Å². The van der Waals surface area contributed by atoms with E-state index in [0.29, 0.717) is 22.6 Å². The zero-order valence-electron chi connectivity index (χ0n) is 16.7. The van der Waals surface area contributed by atoms with E-state index in [2.05, 4.69) is 5.16 Å². The largest absolute Gasteiger partial charge is 0.507 e. The number of hydrogen-bond donors (Lipinski definition) is 1. The zero-order valence-corrected chi connectivity index (χ0v) is 16.7. The number of carbonyl (C=O) groups is 2. The fourth-order valence-electron chi connectivity index (χ4n) is 3.67. The minimum absolute atomic E-state index is 0.00331. The van der Waals surface area contributed by atoms with Gasteiger partial charge in [-0.25, -0.2) is 0 Å². The summed E-state index contributed by atoms with van der Waals surface area (Å²) in [7, 11) is 1.56. The van der Waals surface area contributed by atoms with Gasteiger partial charge in [0.25, 0.3) is 5.78 Å². The lowest BCUT2D eigenvalue weighted by Crippen LogP contribution is -2.29. The molecule has 1 amide bonds. The van der Waals surface area contributed by atoms with Crippen molar-refractivity contribution in [3.8, 4) is 5.75 Å². The van der Waals surface area contributed by atoms with Crippen LogP contribution in [-0.4, -0.2) is 29.1 Å². The van der Waals surface area contributed by atoms with E-state index in [1.165, 1.54) is 4.90 Å². The fraction of sp³-hybridized carbons (Fsp3) is 0.174. The fourth-order valence-corrected chi connectivity index (χ4v) is 3.67. The molecule has 2 aromatic carbocycles. The number of benzene rings is 2. The third-order valence-electron chi connectivity index (χ3n) is 5.09. The average molecular weight is 404 g/mol. The van der Waals surface area contributed by atoms with Crippen molar-refractivity contribution in [2.75, 3.05) is 12.0 Å². The SMILES string of the molecule is COc1ccc(/C(O)=C2\C(=O)C(=O)N(c3cc(C)on3)C2c2ccccc2)cc1C. The molecule has 0 bridgehead atoms. The Balaban J connectivity index is 1.92. The predicted molar refractivity (Wildman–Crippen MR) is 110 cm³/mol. The molecule has 1 atom stereocenters. The van der Waals surface area contributed by atoms with E-state index in [-0.39, 0.29) is 17.2 Å². The van der Waals surface area contributed by atoms with Crippen molar-refractivity contribution >= 4 is 23.3 Å². The molecule has 0 radical (unpaired) electrons. The first-order valence-electron chi connectivity index (χ1n) is 9.36. The smallest absolute Gasteiger partial charge is 0.301 e. The van der Waals surface area contributed by atoms with Gasteiger partial charge in [0.2, 0.25) is 0 Å². The Hall–Kier alpha value is -3.87. The molecule has 1 aromatic heterocycles. The molecule has 3 aromatic rings. The average Bonchev–Trinajstić information content (AvgIpc) is 3.29. The molecule has 7 heteroatoms. The van der Waals surface area contributed by atoms with Crippen LogP contribution in [-0.2, 0) is 9.59 Å². The second-order valence-electron chi connectivity index (χ2n) is 7.06. The van der Waals surface area contributed by atoms with Gasteiger partial charge in [-0.3, -0.25) is 14.5 Å². The number of aliphatic hydroxyl groups excluding tert-OH is 1. The standard InChI is InChI=1S/C23H20N2O5/c1-13-11-16(9-10-17(13)29-3)21(26)19-20(15-7-5-4-6-8-15)25(23(28)22(19)27)18-12-14(2)30-24-18/h4-12,20,26H,1-3H3/b21-19+. The van der Waals surface area contributed by atoms with Crippen molar-refractivity contribution in [3.63, 3.8) is 0 Å². The predicted octanol–water partition coefficient (Wildman–Crippen LogP) is 3.93. The van der Waals surface area contributed by atoms with Gasteiger partial charge in [-0.2, -0.15) is 0 Å². The molecule has 30 heavy (non-hydrogen) atoms. The van der Waals surface area contributed by atoms with Crippen molar-refractivity contribution in [2.45, 2.75) is 19.9 Å². The number of amides is 1. The normalized spacial score (nSPS) is 18.1. The minimum atomic E-state index is -0.835. The van der Waals surface area contributed by atoms with Crippen molar-refractivity contribution in [1.82, 2.24) is 5.16 Å². The first-order chi connectivity index (χ1) is 14.4. The maximum atomic E-state index is 13.0. The molecule has 1 aliphatic heterocycles. The lowest BCUT2D eigenvalue weighted by atomic mass is 9.95. The van der Waals surface area contributed by atoms with Crippen molar-refractivity contribution < 1.29 is 24.0 Å². The summed E-state index contributed by atoms with van der Waals surface area (Å²) < 4.78 is 10.4. The molecule has 1 N–H and O–H groups in total. The molecule has 2 heterocycles. The number of aliphatic hydroxyl groups is 1. The van der Waals surface area contributed by atoms with Gasteiger partial charge >= 0.3 is 5.91 Å². The number of aromatic nitrogens is 1. The highest BCUT2D eigenvalue weighted by Crippen LogP contribution is 2.42. The molecule has 4 rings (SSSR count). The van der Waals surface area contributed by atoms with E-state index < -0.39 is 17.7 Å². The number of hydrogen-bond acceptors (Lipinski definition) is 6. The Bertz CT molecular complexity index is 1160. The van der Waals surface area contributed by atoms with Gasteiger partial charge in [-0.05, 0) is 43.2 Å². The first-order valence-corrected chi connectivity index (χ1v) is 9.36. The molecule has 1 saturated heterocycles. The van der Waals surface area contributed by atoms with Crippen LogP contribution in [0.2, 0.25) is 0 Å². The van der Waals surface area contributed by atoms with Gasteiger partial charge in [-0.15, -0.1) is 0 Å². The number of methoxy groups -OCH3 is 1. The summed E-state index contributed by atoms with van der Waals surface area (Å²) in [5, 5.41) is 15.0. The Kier molecular flexibility index (Phi) is 4.87. The second-order valence-corrected chi connectivity index (χ2v) is 7.06. The Morgan fingerprint density at radius 3 is 2.43 bits per heavy atom. The van der Waals surface area contributed by atoms with Crippen LogP contribution < -0.4 is 9.64 Å². The van der Waals surface area contributed by atoms with E-state index in [9.17, 15) is 14.7 Å². The Labute approximate surface area is 173 Å². The van der Waals surface area contributed by atoms with Crippen molar-refractivity contribution in [2.24, 2.45) is 0 Å². The summed E-state index contributed by atoms with van der Waals surface area (Å²) in [6.45, 7) is 3.53. The van der Waals surface area contributed by atoms with Gasteiger partial charge in [0.15, 0.2) is 5.82 Å². The zero-order chi connectivity index (χ0) is 21.4. The lowest BCUT2D eigenvalue weighted by Gasteiger charge is -2.22. The van der Waals surface area contributed by atoms with Crippen molar-refractivity contribution in [1.29, 1.82) is 0 Å². The summed E-state index contributed by atoms with van der Waals surface area (Å²) in [6, 6.07) is 14.9. The molecule has 1 fully saturated rings. The first kappa shape index (κ1) is 19.4. The number of Topliss-reactive ketones (excluding diaryl/α,β-unsaturated/α-hetero) is 1.